The van der Waals surface area contributed by atoms with Gasteiger partial charge in [-0.3, -0.25) is 0 Å². The van der Waals surface area contributed by atoms with Crippen LogP contribution in [0.2, 0.25) is 0 Å². The number of nitriles is 1. The summed E-state index contributed by atoms with van der Waals surface area (Å²) in [6, 6.07) is 5.72. The van der Waals surface area contributed by atoms with E-state index in [1.54, 1.807) is 18.3 Å². The molecule has 0 spiro atoms. The van der Waals surface area contributed by atoms with Crippen molar-refractivity contribution in [2.45, 2.75) is 32.7 Å². The lowest BCUT2D eigenvalue weighted by Gasteiger charge is -2.24. The smallest absolute Gasteiger partial charge is 0.143 e. The van der Waals surface area contributed by atoms with E-state index in [0.717, 1.165) is 44.0 Å². The zero-order valence-electron chi connectivity index (χ0n) is 12.1. The van der Waals surface area contributed by atoms with E-state index in [2.05, 4.69) is 38.1 Å². The lowest BCUT2D eigenvalue weighted by Crippen LogP contribution is -2.27. The molecule has 0 aromatic carbocycles. The van der Waals surface area contributed by atoms with E-state index in [0.29, 0.717) is 17.3 Å². The molecule has 0 fully saturated rings. The zero-order valence-corrected chi connectivity index (χ0v) is 12.1. The number of fused-ring (bicyclic) bond motifs is 1. The molecule has 3 rings (SSSR count). The summed E-state index contributed by atoms with van der Waals surface area (Å²) in [7, 11) is 0. The Labute approximate surface area is 123 Å². The minimum absolute atomic E-state index is 0.507. The van der Waals surface area contributed by atoms with E-state index in [1.807, 2.05) is 0 Å². The van der Waals surface area contributed by atoms with Gasteiger partial charge >= 0.3 is 0 Å². The van der Waals surface area contributed by atoms with Gasteiger partial charge in [-0.25, -0.2) is 4.98 Å². The van der Waals surface area contributed by atoms with E-state index in [-0.39, 0.29) is 0 Å². The molecule has 0 radical (unpaired) electrons. The number of aryl methyl sites for hydroxylation is 2. The summed E-state index contributed by atoms with van der Waals surface area (Å²) >= 11 is 0. The van der Waals surface area contributed by atoms with E-state index >= 15 is 0 Å². The van der Waals surface area contributed by atoms with Gasteiger partial charge in [0.15, 0.2) is 0 Å². The van der Waals surface area contributed by atoms with E-state index < -0.39 is 0 Å². The third-order valence-electron chi connectivity index (χ3n) is 3.92. The second-order valence-electron chi connectivity index (χ2n) is 5.29. The molecule has 0 unspecified atom stereocenters. The average Bonchev–Trinajstić information content (AvgIpc) is 2.95. The van der Waals surface area contributed by atoms with Crippen molar-refractivity contribution >= 4 is 5.82 Å². The van der Waals surface area contributed by atoms with Gasteiger partial charge in [-0.05, 0) is 24.5 Å². The summed E-state index contributed by atoms with van der Waals surface area (Å²) in [6.07, 6.45) is 4.67. The van der Waals surface area contributed by atoms with Crippen molar-refractivity contribution in [3.8, 4) is 6.07 Å². The highest BCUT2D eigenvalue weighted by Gasteiger charge is 2.22. The maximum absolute atomic E-state index is 9.08. The molecule has 2 aromatic rings. The summed E-state index contributed by atoms with van der Waals surface area (Å²) in [5.41, 5.74) is 0.590. The molecule has 0 saturated heterocycles. The Morgan fingerprint density at radius 2 is 2.38 bits per heavy atom. The molecule has 1 aliphatic heterocycles. The molecular weight excluding hydrogens is 264 g/mol. The van der Waals surface area contributed by atoms with Crippen LogP contribution in [-0.4, -0.2) is 26.3 Å². The molecule has 108 valence electrons. The molecule has 3 heterocycles. The van der Waals surface area contributed by atoms with E-state index in [1.165, 1.54) is 0 Å². The number of anilines is 1. The van der Waals surface area contributed by atoms with Gasteiger partial charge in [0, 0.05) is 32.1 Å². The molecule has 2 aromatic heterocycles. The Bertz CT molecular complexity index is 656. The average molecular weight is 282 g/mol. The topological polar surface area (TPSA) is 79.4 Å². The van der Waals surface area contributed by atoms with Gasteiger partial charge in [-0.1, -0.05) is 6.92 Å². The summed E-state index contributed by atoms with van der Waals surface area (Å²) in [5.74, 6) is 3.33. The molecule has 0 saturated carbocycles. The molecule has 0 aliphatic carbocycles. The van der Waals surface area contributed by atoms with Gasteiger partial charge in [0.2, 0.25) is 0 Å². The van der Waals surface area contributed by atoms with Crippen LogP contribution in [0.15, 0.2) is 18.3 Å². The Hall–Kier alpha value is -2.42. The molecule has 0 amide bonds. The number of nitrogens with one attached hydrogen (secondary N) is 1. The highest BCUT2D eigenvalue weighted by Crippen LogP contribution is 2.21. The molecule has 1 N–H and O–H groups in total. The molecule has 1 aliphatic rings. The van der Waals surface area contributed by atoms with Gasteiger partial charge in [-0.2, -0.15) is 5.26 Å². The van der Waals surface area contributed by atoms with Crippen molar-refractivity contribution in [1.82, 2.24) is 19.7 Å². The Morgan fingerprint density at radius 1 is 1.48 bits per heavy atom. The van der Waals surface area contributed by atoms with Gasteiger partial charge in [0.05, 0.1) is 5.56 Å². The quantitative estimate of drug-likeness (QED) is 0.924. The second-order valence-corrected chi connectivity index (χ2v) is 5.29. The van der Waals surface area contributed by atoms with Crippen LogP contribution in [0.3, 0.4) is 0 Å². The van der Waals surface area contributed by atoms with Crippen LogP contribution < -0.4 is 5.32 Å². The van der Waals surface area contributed by atoms with Crippen LogP contribution in [0.25, 0.3) is 0 Å². The molecule has 6 heteroatoms. The fourth-order valence-electron chi connectivity index (χ4n) is 2.76. The first-order valence-electron chi connectivity index (χ1n) is 7.31. The molecule has 0 bridgehead atoms. The van der Waals surface area contributed by atoms with Crippen LogP contribution >= 0.6 is 0 Å². The maximum atomic E-state index is 9.08. The maximum Gasteiger partial charge on any atom is 0.143 e. The van der Waals surface area contributed by atoms with Crippen LogP contribution in [0, 0.1) is 17.2 Å². The summed E-state index contributed by atoms with van der Waals surface area (Å²) in [4.78, 5) is 4.24. The number of pyridine rings is 1. The zero-order chi connectivity index (χ0) is 14.7. The monoisotopic (exact) mass is 282 g/mol. The van der Waals surface area contributed by atoms with Crippen molar-refractivity contribution in [2.75, 3.05) is 11.9 Å². The molecule has 21 heavy (non-hydrogen) atoms. The number of aromatic nitrogens is 4. The van der Waals surface area contributed by atoms with E-state index in [4.69, 9.17) is 5.26 Å². The lowest BCUT2D eigenvalue weighted by atomic mass is 9.99. The predicted octanol–water partition coefficient (Wildman–Crippen LogP) is 1.78. The van der Waals surface area contributed by atoms with Crippen molar-refractivity contribution in [2.24, 2.45) is 5.92 Å². The highest BCUT2D eigenvalue weighted by atomic mass is 15.3. The Kier molecular flexibility index (Phi) is 3.82. The summed E-state index contributed by atoms with van der Waals surface area (Å²) in [6.45, 7) is 3.85. The first-order valence-corrected chi connectivity index (χ1v) is 7.31. The third kappa shape index (κ3) is 2.72. The fourth-order valence-corrected chi connectivity index (χ4v) is 2.76. The summed E-state index contributed by atoms with van der Waals surface area (Å²) < 4.78 is 2.24. The Morgan fingerprint density at radius 3 is 3.19 bits per heavy atom. The first-order chi connectivity index (χ1) is 10.3. The second kappa shape index (κ2) is 5.92. The van der Waals surface area contributed by atoms with Gasteiger partial charge < -0.3 is 9.88 Å². The number of nitrogens with zero attached hydrogens (tertiary/aromatic N) is 5. The molecular formula is C15H18N6. The minimum atomic E-state index is 0.507. The van der Waals surface area contributed by atoms with Crippen LogP contribution in [0.1, 0.15) is 30.6 Å². The normalized spacial score (nSPS) is 17.0. The van der Waals surface area contributed by atoms with Crippen LogP contribution in [0.4, 0.5) is 5.82 Å². The number of hydrogen-bond acceptors (Lipinski definition) is 5. The van der Waals surface area contributed by atoms with Crippen molar-refractivity contribution < 1.29 is 0 Å². The van der Waals surface area contributed by atoms with Gasteiger partial charge in [0.1, 0.15) is 23.5 Å². The Balaban J connectivity index is 1.66. The number of rotatable bonds is 4. The molecule has 1 atom stereocenters. The lowest BCUT2D eigenvalue weighted by molar-refractivity contribution is 0.374. The van der Waals surface area contributed by atoms with Crippen LogP contribution in [-0.2, 0) is 19.4 Å². The predicted molar refractivity (Wildman–Crippen MR) is 78.7 cm³/mol. The van der Waals surface area contributed by atoms with Crippen LogP contribution in [0.5, 0.6) is 0 Å². The van der Waals surface area contributed by atoms with Gasteiger partial charge in [-0.15, -0.1) is 10.2 Å². The first kappa shape index (κ1) is 13.6. The van der Waals surface area contributed by atoms with Crippen molar-refractivity contribution in [1.29, 1.82) is 5.26 Å². The SMILES string of the molecule is CCc1nnc2n1C[C@@H](CNc1ncccc1C#N)CC2. The van der Waals surface area contributed by atoms with Crippen molar-refractivity contribution in [3.63, 3.8) is 0 Å². The highest BCUT2D eigenvalue weighted by molar-refractivity contribution is 5.51. The summed E-state index contributed by atoms with van der Waals surface area (Å²) in [5, 5.41) is 20.9. The number of hydrogen-bond donors (Lipinski definition) is 1. The van der Waals surface area contributed by atoms with E-state index in [9.17, 15) is 0 Å². The molecule has 6 nitrogen and oxygen atoms in total. The standard InChI is InChI=1S/C15H18N6/c1-2-13-19-20-14-6-5-11(10-21(13)14)9-18-15-12(8-16)4-3-7-17-15/h3-4,7,11H,2,5-6,9-10H2,1H3,(H,17,18)/t11-/m1/s1. The fraction of sp³-hybridized carbons (Fsp3) is 0.467. The van der Waals surface area contributed by atoms with Gasteiger partial charge in [0.25, 0.3) is 0 Å². The largest absolute Gasteiger partial charge is 0.369 e. The minimum Gasteiger partial charge on any atom is -0.369 e. The third-order valence-corrected chi connectivity index (χ3v) is 3.92. The van der Waals surface area contributed by atoms with Crippen molar-refractivity contribution in [3.05, 3.63) is 35.5 Å².